The summed E-state index contributed by atoms with van der Waals surface area (Å²) in [5.41, 5.74) is 13.3. The lowest BCUT2D eigenvalue weighted by Gasteiger charge is -2.39. The van der Waals surface area contributed by atoms with Gasteiger partial charge >= 0.3 is 25.8 Å². The third-order valence-electron chi connectivity index (χ3n) is 17.7. The highest BCUT2D eigenvalue weighted by Crippen LogP contribution is 2.63. The molecule has 0 saturated carbocycles. The Balaban J connectivity index is 0.742. The number of aromatic amines is 1. The summed E-state index contributed by atoms with van der Waals surface area (Å²) < 4.78 is 89.4. The van der Waals surface area contributed by atoms with Crippen molar-refractivity contribution in [1.82, 2.24) is 68.1 Å². The molecule has 6 unspecified atom stereocenters. The van der Waals surface area contributed by atoms with E-state index in [0.717, 1.165) is 4.57 Å². The average Bonchev–Trinajstić information content (AvgIpc) is 1.56. The highest BCUT2D eigenvalue weighted by atomic mass is 32.5. The summed E-state index contributed by atoms with van der Waals surface area (Å²) >= 11 is 17.3. The number of H-pyrrole nitrogens is 1. The van der Waals surface area contributed by atoms with Crippen LogP contribution in [0.2, 0.25) is 0 Å². The van der Waals surface area contributed by atoms with E-state index in [4.69, 9.17) is 113 Å². The standard InChI is InChI=1S/C48H60N17O19P3S3/c1-7-23-24(8-25(78-23)63-15-56-26-36(50)52-13-54-38(26)63)82-85(69,88)73-11-47-20(4)76-30(43(80-47)64-16-57-27-37(51)53-14-55-39(27)64)33(47)84-87(71,90)74-12-48-21(5)77-31(44(81-48)65-17-58-28-40(65)59-22(6)60-41(28)67)34(48)83-86(70,89)72-10-46-19(3)75-29(32(46)66)42(79-46)62-9-18(2)35(49)61-45(62)68/h9,13-17,19-21,23-25,29-34,42-44,66H,7-8,10-12H2,1-6H3,(H,69,88)(H,70,89)(H,71,90)(H2,49,61,68)(H2,50,52,54)(H2,51,53,55)(H,59,60,67)/t19-,20-,21-,23+,24+,25+,29?,30?,31?,32+,33+,34+,42+,43+,44+,46-,47-,48-,85?,86?,87?/m0/s1. The molecule has 0 spiro atoms. The zero-order valence-electron chi connectivity index (χ0n) is 48.2. The van der Waals surface area contributed by atoms with E-state index in [0.29, 0.717) is 23.1 Å². The van der Waals surface area contributed by atoms with Crippen LogP contribution >= 0.6 is 20.2 Å². The smallest absolute Gasteiger partial charge is 0.351 e. The number of aliphatic hydroxyl groups is 1. The van der Waals surface area contributed by atoms with Crippen LogP contribution in [0.1, 0.15) is 76.8 Å². The van der Waals surface area contributed by atoms with Crippen molar-refractivity contribution in [2.45, 2.75) is 163 Å². The largest absolute Gasteiger partial charge is 0.387 e. The van der Waals surface area contributed by atoms with Gasteiger partial charge in [0.25, 0.3) is 5.56 Å². The predicted molar refractivity (Wildman–Crippen MR) is 318 cm³/mol. The van der Waals surface area contributed by atoms with Gasteiger partial charge in [0.15, 0.2) is 52.8 Å². The molecule has 7 aromatic heterocycles. The van der Waals surface area contributed by atoms with E-state index in [2.05, 4.69) is 49.8 Å². The van der Waals surface area contributed by atoms with Gasteiger partial charge in [0, 0.05) is 18.2 Å². The van der Waals surface area contributed by atoms with Gasteiger partial charge in [-0.2, -0.15) is 4.98 Å². The summed E-state index contributed by atoms with van der Waals surface area (Å²) in [5.74, 6) is 0.515. The molecule has 0 aliphatic carbocycles. The molecule has 0 aromatic carbocycles. The Morgan fingerprint density at radius 3 is 1.68 bits per heavy atom. The molecule has 42 heteroatoms. The summed E-state index contributed by atoms with van der Waals surface area (Å²) in [6, 6.07) is 0. The van der Waals surface area contributed by atoms with Crippen molar-refractivity contribution in [2.24, 2.45) is 0 Å². The second kappa shape index (κ2) is 22.3. The first kappa shape index (κ1) is 62.4. The minimum Gasteiger partial charge on any atom is -0.387 e. The zero-order valence-corrected chi connectivity index (χ0v) is 53.3. The van der Waals surface area contributed by atoms with Crippen molar-refractivity contribution in [2.75, 3.05) is 37.0 Å². The van der Waals surface area contributed by atoms with E-state index in [1.54, 1.807) is 39.2 Å². The second-order valence-electron chi connectivity index (χ2n) is 22.9. The van der Waals surface area contributed by atoms with Crippen LogP contribution in [-0.2, 0) is 95.7 Å². The first-order valence-corrected chi connectivity index (χ1v) is 35.9. The summed E-state index contributed by atoms with van der Waals surface area (Å²) in [6.07, 6.45) is -7.26. The highest BCUT2D eigenvalue weighted by Gasteiger charge is 2.72. The Kier molecular flexibility index (Phi) is 15.5. The molecule has 21 atom stereocenters. The predicted octanol–water partition coefficient (Wildman–Crippen LogP) is 0.499. The lowest BCUT2D eigenvalue weighted by molar-refractivity contribution is -0.218. The van der Waals surface area contributed by atoms with Gasteiger partial charge in [0.05, 0.1) is 69.3 Å². The van der Waals surface area contributed by atoms with E-state index >= 15 is 0 Å². The van der Waals surface area contributed by atoms with Crippen LogP contribution in [0.3, 0.4) is 0 Å². The third kappa shape index (κ3) is 10.1. The number of ether oxygens (including phenoxy) is 7. The highest BCUT2D eigenvalue weighted by molar-refractivity contribution is 8.07. The Morgan fingerprint density at radius 1 is 0.622 bits per heavy atom. The number of fused-ring (bicyclic) bond motifs is 9. The minimum absolute atomic E-state index is 0.00878. The van der Waals surface area contributed by atoms with E-state index < -0.39 is 160 Å². The van der Waals surface area contributed by atoms with Crippen molar-refractivity contribution in [1.29, 1.82) is 0 Å². The molecule has 0 amide bonds. The first-order valence-electron chi connectivity index (χ1n) is 28.1. The number of anilines is 3. The molecule has 90 heavy (non-hydrogen) atoms. The number of nitrogens with one attached hydrogen (secondary N) is 1. The molecule has 14 heterocycles. The molecule has 14 rings (SSSR count). The molecule has 7 aliphatic rings. The molecule has 7 aromatic rings. The average molecular weight is 1370 g/mol. The number of nitrogens with two attached hydrogens (primary N) is 3. The molecule has 0 radical (unpaired) electrons. The second-order valence-corrected chi connectivity index (χ2v) is 31.3. The molecule has 11 N–H and O–H groups in total. The van der Waals surface area contributed by atoms with E-state index in [1.807, 2.05) is 6.92 Å². The Morgan fingerprint density at radius 2 is 1.10 bits per heavy atom. The van der Waals surface area contributed by atoms with Gasteiger partial charge in [-0.15, -0.1) is 0 Å². The van der Waals surface area contributed by atoms with Gasteiger partial charge < -0.3 is 93.2 Å². The van der Waals surface area contributed by atoms with E-state index in [-0.39, 0.29) is 52.0 Å². The lowest BCUT2D eigenvalue weighted by Crippen LogP contribution is -2.52. The number of aliphatic hydroxyl groups excluding tert-OH is 1. The monoisotopic (exact) mass is 1370 g/mol. The Labute approximate surface area is 522 Å². The van der Waals surface area contributed by atoms with Crippen LogP contribution < -0.4 is 28.5 Å². The van der Waals surface area contributed by atoms with Gasteiger partial charge in [-0.25, -0.2) is 44.7 Å². The van der Waals surface area contributed by atoms with Crippen molar-refractivity contribution < 1.29 is 80.1 Å². The van der Waals surface area contributed by atoms with Crippen LogP contribution in [0.15, 0.2) is 47.4 Å². The number of rotatable bonds is 20. The number of nitrogen functional groups attached to an aromatic ring is 3. The Bertz CT molecular complexity index is 4300. The fourth-order valence-electron chi connectivity index (χ4n) is 13.0. The summed E-state index contributed by atoms with van der Waals surface area (Å²) in [6.45, 7) is -5.38. The van der Waals surface area contributed by atoms with Crippen molar-refractivity contribution in [3.63, 3.8) is 0 Å². The fourth-order valence-corrected chi connectivity index (χ4v) is 17.4. The lowest BCUT2D eigenvalue weighted by atomic mass is 9.94. The van der Waals surface area contributed by atoms with E-state index in [1.165, 1.54) is 47.0 Å². The summed E-state index contributed by atoms with van der Waals surface area (Å²) in [7, 11) is 0. The maximum atomic E-state index is 13.1. The molecule has 484 valence electrons. The maximum absolute atomic E-state index is 13.1. The Hall–Kier alpha value is -5.00. The topological polar surface area (TPSA) is 465 Å². The zero-order chi connectivity index (χ0) is 63.5. The van der Waals surface area contributed by atoms with Crippen LogP contribution in [0.25, 0.3) is 33.5 Å². The first-order chi connectivity index (χ1) is 42.7. The van der Waals surface area contributed by atoms with Crippen molar-refractivity contribution in [3.05, 3.63) is 70.1 Å². The van der Waals surface area contributed by atoms with Gasteiger partial charge in [0.2, 0.25) is 0 Å². The number of aryl methyl sites for hydroxylation is 2. The molecular weight excluding hydrogens is 1310 g/mol. The molecular formula is C48H60N17O19P3S3. The normalized spacial score (nSPS) is 36.4. The quantitative estimate of drug-likeness (QED) is 0.0482. The molecule has 6 bridgehead atoms. The number of hydrogen-bond donors (Lipinski definition) is 8. The number of aromatic nitrogens is 14. The van der Waals surface area contributed by atoms with Gasteiger partial charge in [0.1, 0.15) is 95.0 Å². The summed E-state index contributed by atoms with van der Waals surface area (Å²) in [5, 5.41) is 11.7. The van der Waals surface area contributed by atoms with Crippen molar-refractivity contribution >= 4 is 107 Å². The van der Waals surface area contributed by atoms with Gasteiger partial charge in [-0.05, 0) is 76.5 Å². The van der Waals surface area contributed by atoms with Crippen LogP contribution in [0, 0.1) is 13.8 Å². The van der Waals surface area contributed by atoms with E-state index in [9.17, 15) is 29.4 Å². The number of hydrogen-bond acceptors (Lipinski definition) is 31. The molecule has 7 aliphatic heterocycles. The van der Waals surface area contributed by atoms with Crippen LogP contribution in [-0.4, -0.2) is 192 Å². The molecule has 36 nitrogen and oxygen atoms in total. The third-order valence-corrected chi connectivity index (χ3v) is 22.3. The van der Waals surface area contributed by atoms with Gasteiger partial charge in [-0.1, -0.05) is 6.92 Å². The van der Waals surface area contributed by atoms with Crippen LogP contribution in [0.5, 0.6) is 0 Å². The number of imidazole rings is 3. The van der Waals surface area contributed by atoms with Crippen LogP contribution in [0.4, 0.5) is 17.5 Å². The minimum atomic E-state index is -4.65. The van der Waals surface area contributed by atoms with Gasteiger partial charge in [-0.3, -0.25) is 32.1 Å². The maximum Gasteiger partial charge on any atom is 0.351 e. The molecule has 7 fully saturated rings. The van der Waals surface area contributed by atoms with Crippen molar-refractivity contribution in [3.8, 4) is 0 Å². The summed E-state index contributed by atoms with van der Waals surface area (Å²) in [4.78, 5) is 104. The SMILES string of the molecule is CC[C@H]1O[C@@H](n2cnc3c(N)ncnc32)C[C@H]1OP(O)(=S)OC[C@]12O[C@@H](n3cnc4c(N)ncnc43)C(O[C@H]1C)[C@H]2OP(O)(=S)OC[C@]12O[C@@H](n3cnc4c(=O)[nH]c(C)nc43)C(O[C@H]1C)[C@H]2OP(O)(=S)OC[C@]12O[C@@H](n3cc(C)c(N)nc3=O)C(O[C@H]1C)[C@H]2O. The molecule has 7 saturated heterocycles. The number of nitrogens with zero attached hydrogens (tertiary/aromatic N) is 13. The fraction of sp³-hybridized carbons (Fsp3) is 0.604.